The molecule has 0 unspecified atom stereocenters. The van der Waals surface area contributed by atoms with Crippen molar-refractivity contribution < 1.29 is 27.6 Å². The normalized spacial score (nSPS) is 16.7. The van der Waals surface area contributed by atoms with Gasteiger partial charge in [0, 0.05) is 39.4 Å². The third kappa shape index (κ3) is 4.19. The Labute approximate surface area is 142 Å². The van der Waals surface area contributed by atoms with Crippen LogP contribution in [-0.4, -0.2) is 55.1 Å². The van der Waals surface area contributed by atoms with Crippen molar-refractivity contribution in [2.24, 2.45) is 0 Å². The molecule has 1 heterocycles. The van der Waals surface area contributed by atoms with Crippen LogP contribution < -0.4 is 4.90 Å². The molecule has 1 saturated heterocycles. The number of piperazine rings is 1. The summed E-state index contributed by atoms with van der Waals surface area (Å²) in [7, 11) is 1.42. The fraction of sp³-hybridized carbons (Fsp3) is 0.533. The minimum absolute atomic E-state index is 0.116. The Morgan fingerprint density at radius 2 is 1.88 bits per heavy atom. The van der Waals surface area contributed by atoms with Gasteiger partial charge in [-0.1, -0.05) is 0 Å². The van der Waals surface area contributed by atoms with Crippen LogP contribution in [0.1, 0.15) is 12.5 Å². The molecule has 1 fully saturated rings. The first-order valence-electron chi connectivity index (χ1n) is 7.57. The number of nitro benzene ring substituents is 1. The number of ether oxygens (including phenoxy) is 1. The summed E-state index contributed by atoms with van der Waals surface area (Å²) < 4.78 is 43.3. The molecule has 0 spiro atoms. The van der Waals surface area contributed by atoms with E-state index in [4.69, 9.17) is 4.74 Å². The van der Waals surface area contributed by atoms with Crippen LogP contribution in [0, 0.1) is 10.1 Å². The van der Waals surface area contributed by atoms with Crippen molar-refractivity contribution in [3.05, 3.63) is 33.9 Å². The summed E-state index contributed by atoms with van der Waals surface area (Å²) in [5.74, 6) is -0.191. The molecule has 1 aliphatic rings. The van der Waals surface area contributed by atoms with Crippen LogP contribution in [0.25, 0.3) is 0 Å². The number of anilines is 1. The molecule has 25 heavy (non-hydrogen) atoms. The maximum absolute atomic E-state index is 12.8. The van der Waals surface area contributed by atoms with Crippen molar-refractivity contribution >= 4 is 17.3 Å². The van der Waals surface area contributed by atoms with Gasteiger partial charge >= 0.3 is 6.18 Å². The molecule has 1 amide bonds. The molecule has 7 nitrogen and oxygen atoms in total. The van der Waals surface area contributed by atoms with Crippen molar-refractivity contribution in [2.75, 3.05) is 38.2 Å². The van der Waals surface area contributed by atoms with Gasteiger partial charge in [0.2, 0.25) is 0 Å². The van der Waals surface area contributed by atoms with Crippen molar-refractivity contribution in [2.45, 2.75) is 19.2 Å². The molecule has 1 aromatic carbocycles. The molecule has 0 bridgehead atoms. The number of benzene rings is 1. The van der Waals surface area contributed by atoms with Gasteiger partial charge in [0.25, 0.3) is 11.6 Å². The van der Waals surface area contributed by atoms with E-state index in [1.54, 1.807) is 16.7 Å². The average Bonchev–Trinajstić information content (AvgIpc) is 2.59. The highest BCUT2D eigenvalue weighted by Gasteiger charge is 2.34. The van der Waals surface area contributed by atoms with Crippen LogP contribution in [0.5, 0.6) is 0 Å². The third-order valence-electron chi connectivity index (χ3n) is 4.13. The maximum atomic E-state index is 12.8. The van der Waals surface area contributed by atoms with Crippen molar-refractivity contribution in [1.29, 1.82) is 0 Å². The van der Waals surface area contributed by atoms with Gasteiger partial charge in [-0.3, -0.25) is 14.9 Å². The molecule has 1 aliphatic heterocycles. The van der Waals surface area contributed by atoms with Crippen LogP contribution in [0.3, 0.4) is 0 Å². The predicted molar refractivity (Wildman–Crippen MR) is 83.4 cm³/mol. The molecule has 0 radical (unpaired) electrons. The predicted octanol–water partition coefficient (Wildman–Crippen LogP) is 2.30. The molecule has 0 N–H and O–H groups in total. The van der Waals surface area contributed by atoms with Gasteiger partial charge in [-0.2, -0.15) is 13.2 Å². The molecule has 0 aliphatic carbocycles. The third-order valence-corrected chi connectivity index (χ3v) is 4.13. The first kappa shape index (κ1) is 19.0. The quantitative estimate of drug-likeness (QED) is 0.608. The maximum Gasteiger partial charge on any atom is 0.416 e. The number of hydrogen-bond acceptors (Lipinski definition) is 5. The number of methoxy groups -OCH3 is 1. The van der Waals surface area contributed by atoms with Crippen LogP contribution in [0.4, 0.5) is 24.5 Å². The van der Waals surface area contributed by atoms with Gasteiger partial charge in [0.1, 0.15) is 11.8 Å². The van der Waals surface area contributed by atoms with Gasteiger partial charge in [0.05, 0.1) is 10.5 Å². The number of amides is 1. The van der Waals surface area contributed by atoms with E-state index >= 15 is 0 Å². The molecule has 2 rings (SSSR count). The van der Waals surface area contributed by atoms with Gasteiger partial charge in [-0.15, -0.1) is 0 Å². The second-order valence-electron chi connectivity index (χ2n) is 5.65. The van der Waals surface area contributed by atoms with E-state index in [0.29, 0.717) is 19.2 Å². The standard InChI is InChI=1S/C15H18F3N3O4/c1-10(25-2)14(22)20-7-5-19(6-8-20)12-4-3-11(15(16,17)18)9-13(12)21(23)24/h3-4,9-10H,5-8H2,1-2H3/t10-/m1/s1. The molecule has 0 saturated carbocycles. The summed E-state index contributed by atoms with van der Waals surface area (Å²) in [4.78, 5) is 25.6. The summed E-state index contributed by atoms with van der Waals surface area (Å²) in [6, 6.07) is 2.48. The molecule has 1 aromatic rings. The number of hydrogen-bond donors (Lipinski definition) is 0. The van der Waals surface area contributed by atoms with E-state index in [0.717, 1.165) is 12.1 Å². The first-order valence-corrected chi connectivity index (χ1v) is 7.57. The van der Waals surface area contributed by atoms with E-state index in [1.807, 2.05) is 0 Å². The van der Waals surface area contributed by atoms with Crippen molar-refractivity contribution in [1.82, 2.24) is 4.90 Å². The molecular weight excluding hydrogens is 343 g/mol. The monoisotopic (exact) mass is 361 g/mol. The molecule has 10 heteroatoms. The Kier molecular flexibility index (Phi) is 5.51. The lowest BCUT2D eigenvalue weighted by Crippen LogP contribution is -2.51. The van der Waals surface area contributed by atoms with E-state index in [1.165, 1.54) is 7.11 Å². The average molecular weight is 361 g/mol. The highest BCUT2D eigenvalue weighted by molar-refractivity contribution is 5.81. The highest BCUT2D eigenvalue weighted by Crippen LogP contribution is 2.36. The topological polar surface area (TPSA) is 75.9 Å². The Hall–Kier alpha value is -2.36. The SMILES string of the molecule is CO[C@H](C)C(=O)N1CCN(c2ccc(C(F)(F)F)cc2[N+](=O)[O-])CC1. The minimum Gasteiger partial charge on any atom is -0.372 e. The van der Waals surface area contributed by atoms with E-state index < -0.39 is 28.5 Å². The summed E-state index contributed by atoms with van der Waals surface area (Å²) in [5.41, 5.74) is -1.55. The minimum atomic E-state index is -4.65. The number of nitro groups is 1. The van der Waals surface area contributed by atoms with E-state index in [2.05, 4.69) is 0 Å². The zero-order valence-electron chi connectivity index (χ0n) is 13.7. The number of rotatable bonds is 4. The fourth-order valence-corrected chi connectivity index (χ4v) is 2.64. The molecular formula is C15H18F3N3O4. The van der Waals surface area contributed by atoms with Gasteiger partial charge in [-0.05, 0) is 19.1 Å². The summed E-state index contributed by atoms with van der Waals surface area (Å²) >= 11 is 0. The number of carbonyl (C=O) groups is 1. The zero-order chi connectivity index (χ0) is 18.8. The van der Waals surface area contributed by atoms with Crippen LogP contribution in [-0.2, 0) is 15.7 Å². The zero-order valence-corrected chi connectivity index (χ0v) is 13.7. The van der Waals surface area contributed by atoms with Gasteiger partial charge in [-0.25, -0.2) is 0 Å². The lowest BCUT2D eigenvalue weighted by Gasteiger charge is -2.36. The Balaban J connectivity index is 2.18. The number of carbonyl (C=O) groups excluding carboxylic acids is 1. The second kappa shape index (κ2) is 7.26. The largest absolute Gasteiger partial charge is 0.416 e. The molecule has 1 atom stereocenters. The highest BCUT2D eigenvalue weighted by atomic mass is 19.4. The van der Waals surface area contributed by atoms with Gasteiger partial charge < -0.3 is 14.5 Å². The first-order chi connectivity index (χ1) is 11.6. The molecule has 138 valence electrons. The number of halogens is 3. The summed E-state index contributed by atoms with van der Waals surface area (Å²) in [5, 5.41) is 11.2. The summed E-state index contributed by atoms with van der Waals surface area (Å²) in [6.07, 6.45) is -5.24. The van der Waals surface area contributed by atoms with Crippen LogP contribution >= 0.6 is 0 Å². The van der Waals surface area contributed by atoms with Crippen molar-refractivity contribution in [3.63, 3.8) is 0 Å². The Morgan fingerprint density at radius 3 is 2.36 bits per heavy atom. The fourth-order valence-electron chi connectivity index (χ4n) is 2.64. The van der Waals surface area contributed by atoms with E-state index in [9.17, 15) is 28.1 Å². The Morgan fingerprint density at radius 1 is 1.28 bits per heavy atom. The number of nitrogens with zero attached hydrogens (tertiary/aromatic N) is 3. The smallest absolute Gasteiger partial charge is 0.372 e. The lowest BCUT2D eigenvalue weighted by atomic mass is 10.1. The second-order valence-corrected chi connectivity index (χ2v) is 5.65. The Bertz CT molecular complexity index is 658. The van der Waals surface area contributed by atoms with Crippen LogP contribution in [0.15, 0.2) is 18.2 Å². The number of alkyl halides is 3. The van der Waals surface area contributed by atoms with Gasteiger partial charge in [0.15, 0.2) is 0 Å². The van der Waals surface area contributed by atoms with Crippen molar-refractivity contribution in [3.8, 4) is 0 Å². The summed E-state index contributed by atoms with van der Waals surface area (Å²) in [6.45, 7) is 2.81. The van der Waals surface area contributed by atoms with Crippen LogP contribution in [0.2, 0.25) is 0 Å². The molecule has 0 aromatic heterocycles. The van der Waals surface area contributed by atoms with E-state index in [-0.39, 0.29) is 24.7 Å². The lowest BCUT2D eigenvalue weighted by molar-refractivity contribution is -0.384.